The van der Waals surface area contributed by atoms with Gasteiger partial charge >= 0.3 is 0 Å². The van der Waals surface area contributed by atoms with E-state index in [2.05, 4.69) is 20.6 Å². The number of rotatable bonds is 6. The number of aromatic nitrogens is 2. The maximum Gasteiger partial charge on any atom is 0.268 e. The Hall–Kier alpha value is -3.80. The molecule has 0 radical (unpaired) electrons. The topological polar surface area (TPSA) is 84.0 Å². The summed E-state index contributed by atoms with van der Waals surface area (Å²) in [5.41, 5.74) is 2.23. The van der Waals surface area contributed by atoms with E-state index in [1.807, 2.05) is 18.2 Å². The lowest BCUT2D eigenvalue weighted by atomic mass is 10.2. The van der Waals surface area contributed by atoms with E-state index in [0.717, 1.165) is 5.56 Å². The Morgan fingerprint density at radius 3 is 2.37 bits per heavy atom. The van der Waals surface area contributed by atoms with Gasteiger partial charge in [-0.3, -0.25) is 19.6 Å². The summed E-state index contributed by atoms with van der Waals surface area (Å²) >= 11 is 0. The van der Waals surface area contributed by atoms with Crippen LogP contribution in [0.4, 0.5) is 0 Å². The van der Waals surface area contributed by atoms with E-state index in [1.165, 1.54) is 0 Å². The molecule has 2 aromatic heterocycles. The molecule has 6 heteroatoms. The van der Waals surface area contributed by atoms with Gasteiger partial charge in [0, 0.05) is 36.9 Å². The normalized spacial score (nSPS) is 10.9. The first kappa shape index (κ1) is 18.0. The Labute approximate surface area is 157 Å². The minimum Gasteiger partial charge on any atom is -0.347 e. The number of benzene rings is 1. The number of hydrogen-bond acceptors (Lipinski definition) is 4. The average molecular weight is 358 g/mol. The second kappa shape index (κ2) is 9.05. The molecule has 27 heavy (non-hydrogen) atoms. The summed E-state index contributed by atoms with van der Waals surface area (Å²) in [6.45, 7) is 0.326. The first-order valence-electron chi connectivity index (χ1n) is 8.37. The van der Waals surface area contributed by atoms with Crippen LogP contribution in [0.1, 0.15) is 21.5 Å². The highest BCUT2D eigenvalue weighted by atomic mass is 16.2. The molecule has 2 N–H and O–H groups in total. The van der Waals surface area contributed by atoms with Crippen LogP contribution in [0.2, 0.25) is 0 Å². The van der Waals surface area contributed by atoms with Crippen molar-refractivity contribution in [1.29, 1.82) is 0 Å². The predicted octanol–water partition coefficient (Wildman–Crippen LogP) is 2.56. The molecule has 0 aliphatic carbocycles. The molecule has 0 saturated carbocycles. The number of hydrogen-bond donors (Lipinski definition) is 2. The van der Waals surface area contributed by atoms with Gasteiger partial charge in [-0.2, -0.15) is 0 Å². The highest BCUT2D eigenvalue weighted by Crippen LogP contribution is 2.07. The van der Waals surface area contributed by atoms with Gasteiger partial charge in [0.2, 0.25) is 0 Å². The van der Waals surface area contributed by atoms with E-state index < -0.39 is 0 Å². The van der Waals surface area contributed by atoms with Gasteiger partial charge in [-0.05, 0) is 47.5 Å². The Bertz CT molecular complexity index is 926. The van der Waals surface area contributed by atoms with E-state index in [9.17, 15) is 9.59 Å². The minimum atomic E-state index is -0.389. The van der Waals surface area contributed by atoms with Crippen LogP contribution in [0, 0.1) is 0 Å². The number of carbonyl (C=O) groups is 2. The van der Waals surface area contributed by atoms with Crippen molar-refractivity contribution in [2.75, 3.05) is 0 Å². The smallest absolute Gasteiger partial charge is 0.268 e. The van der Waals surface area contributed by atoms with E-state index in [1.54, 1.807) is 67.3 Å². The largest absolute Gasteiger partial charge is 0.347 e. The fourth-order valence-corrected chi connectivity index (χ4v) is 2.35. The summed E-state index contributed by atoms with van der Waals surface area (Å²) < 4.78 is 0. The summed E-state index contributed by atoms with van der Waals surface area (Å²) in [6.07, 6.45) is 8.17. The fourth-order valence-electron chi connectivity index (χ4n) is 2.35. The van der Waals surface area contributed by atoms with E-state index in [0.29, 0.717) is 17.7 Å². The van der Waals surface area contributed by atoms with Gasteiger partial charge in [0.15, 0.2) is 0 Å². The summed E-state index contributed by atoms with van der Waals surface area (Å²) in [6, 6.07) is 15.9. The summed E-state index contributed by atoms with van der Waals surface area (Å²) in [7, 11) is 0. The summed E-state index contributed by atoms with van der Waals surface area (Å²) in [5.74, 6) is -0.746. The Balaban J connectivity index is 1.78. The molecule has 3 aromatic rings. The van der Waals surface area contributed by atoms with Crippen LogP contribution in [0.3, 0.4) is 0 Å². The van der Waals surface area contributed by atoms with Crippen LogP contribution in [-0.4, -0.2) is 21.8 Å². The maximum absolute atomic E-state index is 12.7. The molecule has 1 aromatic carbocycles. The van der Waals surface area contributed by atoms with Crippen LogP contribution >= 0.6 is 0 Å². The van der Waals surface area contributed by atoms with Crippen LogP contribution in [0.25, 0.3) is 6.08 Å². The van der Waals surface area contributed by atoms with Crippen molar-refractivity contribution < 1.29 is 9.59 Å². The summed E-state index contributed by atoms with van der Waals surface area (Å²) in [5, 5.41) is 5.49. The zero-order valence-corrected chi connectivity index (χ0v) is 14.5. The van der Waals surface area contributed by atoms with E-state index >= 15 is 0 Å². The molecule has 2 amide bonds. The third-order valence-corrected chi connectivity index (χ3v) is 3.73. The highest BCUT2D eigenvalue weighted by molar-refractivity contribution is 6.05. The van der Waals surface area contributed by atoms with Gasteiger partial charge in [-0.15, -0.1) is 0 Å². The zero-order valence-electron chi connectivity index (χ0n) is 14.5. The third kappa shape index (κ3) is 5.34. The number of nitrogens with one attached hydrogen (secondary N) is 2. The molecule has 2 heterocycles. The molecule has 0 fully saturated rings. The van der Waals surface area contributed by atoms with Gasteiger partial charge in [-0.1, -0.05) is 24.3 Å². The molecule has 0 aliphatic heterocycles. The highest BCUT2D eigenvalue weighted by Gasteiger charge is 2.14. The zero-order chi connectivity index (χ0) is 18.9. The van der Waals surface area contributed by atoms with Crippen molar-refractivity contribution in [3.8, 4) is 0 Å². The first-order chi connectivity index (χ1) is 13.2. The molecule has 3 rings (SSSR count). The van der Waals surface area contributed by atoms with E-state index in [-0.39, 0.29) is 17.5 Å². The standard InChI is InChI=1S/C21H18N4O2/c26-20(18-6-2-1-3-7-18)25-19(13-17-5-4-10-23-14-17)21(27)24-15-16-8-11-22-12-9-16/h1-14H,15H2,(H,24,27)(H,25,26). The lowest BCUT2D eigenvalue weighted by Gasteiger charge is -2.11. The lowest BCUT2D eigenvalue weighted by molar-refractivity contribution is -0.117. The number of carbonyl (C=O) groups excluding carboxylic acids is 2. The molecule has 6 nitrogen and oxygen atoms in total. The molecule has 0 unspecified atom stereocenters. The SMILES string of the molecule is O=C(NCc1ccncc1)C(=Cc1cccnc1)NC(=O)c1ccccc1. The maximum atomic E-state index is 12.7. The van der Waals surface area contributed by atoms with Gasteiger partial charge in [-0.25, -0.2) is 0 Å². The van der Waals surface area contributed by atoms with Gasteiger partial charge in [0.05, 0.1) is 0 Å². The minimum absolute atomic E-state index is 0.144. The third-order valence-electron chi connectivity index (χ3n) is 3.73. The van der Waals surface area contributed by atoms with Gasteiger partial charge in [0.25, 0.3) is 11.8 Å². The molecule has 0 bridgehead atoms. The van der Waals surface area contributed by atoms with Gasteiger partial charge in [0.1, 0.15) is 5.70 Å². The van der Waals surface area contributed by atoms with Gasteiger partial charge < -0.3 is 10.6 Å². The van der Waals surface area contributed by atoms with Crippen molar-refractivity contribution in [3.05, 3.63) is 102 Å². The van der Waals surface area contributed by atoms with Crippen molar-refractivity contribution in [3.63, 3.8) is 0 Å². The van der Waals surface area contributed by atoms with Crippen molar-refractivity contribution in [2.45, 2.75) is 6.54 Å². The molecule has 0 atom stereocenters. The number of amides is 2. The Morgan fingerprint density at radius 1 is 0.889 bits per heavy atom. The fraction of sp³-hybridized carbons (Fsp3) is 0.0476. The summed E-state index contributed by atoms with van der Waals surface area (Å²) in [4.78, 5) is 33.1. The number of pyridine rings is 2. The van der Waals surface area contributed by atoms with Crippen LogP contribution in [-0.2, 0) is 11.3 Å². The number of nitrogens with zero attached hydrogens (tertiary/aromatic N) is 2. The molecular weight excluding hydrogens is 340 g/mol. The second-order valence-electron chi connectivity index (χ2n) is 5.70. The Morgan fingerprint density at radius 2 is 1.67 bits per heavy atom. The van der Waals surface area contributed by atoms with E-state index in [4.69, 9.17) is 0 Å². The van der Waals surface area contributed by atoms with Crippen molar-refractivity contribution in [1.82, 2.24) is 20.6 Å². The monoisotopic (exact) mass is 358 g/mol. The predicted molar refractivity (Wildman–Crippen MR) is 102 cm³/mol. The van der Waals surface area contributed by atoms with Crippen molar-refractivity contribution >= 4 is 17.9 Å². The molecule has 0 spiro atoms. The quantitative estimate of drug-likeness (QED) is 0.664. The van der Waals surface area contributed by atoms with Crippen molar-refractivity contribution in [2.24, 2.45) is 0 Å². The second-order valence-corrected chi connectivity index (χ2v) is 5.70. The van der Waals surface area contributed by atoms with Crippen LogP contribution in [0.15, 0.2) is 85.1 Å². The molecule has 0 aliphatic rings. The lowest BCUT2D eigenvalue weighted by Crippen LogP contribution is -2.34. The molecule has 134 valence electrons. The first-order valence-corrected chi connectivity index (χ1v) is 8.37. The molecule has 0 saturated heterocycles. The van der Waals surface area contributed by atoms with Crippen LogP contribution in [0.5, 0.6) is 0 Å². The Kier molecular flexibility index (Phi) is 6.04. The average Bonchev–Trinajstić information content (AvgIpc) is 2.73. The van der Waals surface area contributed by atoms with Crippen LogP contribution < -0.4 is 10.6 Å². The molecular formula is C21H18N4O2.